The summed E-state index contributed by atoms with van der Waals surface area (Å²) in [4.78, 5) is 4.70. The highest BCUT2D eigenvalue weighted by Gasteiger charge is 2.44. The van der Waals surface area contributed by atoms with Crippen molar-refractivity contribution < 1.29 is 9.84 Å². The lowest BCUT2D eigenvalue weighted by atomic mass is 9.85. The lowest BCUT2D eigenvalue weighted by Crippen LogP contribution is -2.50. The molecule has 5 heteroatoms. The third-order valence-electron chi connectivity index (χ3n) is 5.03. The Hall–Kier alpha value is -3.10. The number of hydrogen-bond donors (Lipinski definition) is 1. The second-order valence-corrected chi connectivity index (χ2v) is 7.44. The fraction of sp³-hybridized carbons (Fsp3) is 0.273. The molecule has 0 fully saturated rings. The highest BCUT2D eigenvalue weighted by Crippen LogP contribution is 2.43. The van der Waals surface area contributed by atoms with Crippen molar-refractivity contribution in [2.75, 3.05) is 0 Å². The van der Waals surface area contributed by atoms with E-state index in [0.29, 0.717) is 11.3 Å². The van der Waals surface area contributed by atoms with Crippen molar-refractivity contribution >= 4 is 0 Å². The molecule has 2 atom stereocenters. The fourth-order valence-electron chi connectivity index (χ4n) is 3.67. The van der Waals surface area contributed by atoms with E-state index in [1.807, 2.05) is 61.9 Å². The topological polar surface area (TPSA) is 71.1 Å². The van der Waals surface area contributed by atoms with E-state index in [1.165, 1.54) is 0 Å². The highest BCUT2D eigenvalue weighted by molar-refractivity contribution is 5.57. The molecule has 0 saturated heterocycles. The van der Waals surface area contributed by atoms with Gasteiger partial charge in [-0.25, -0.2) is 4.98 Å². The normalized spacial score (nSPS) is 20.4. The zero-order chi connectivity index (χ0) is 19.2. The maximum atomic E-state index is 11.2. The van der Waals surface area contributed by atoms with Gasteiger partial charge in [-0.3, -0.25) is 0 Å². The average Bonchev–Trinajstić information content (AvgIpc) is 3.04. The van der Waals surface area contributed by atoms with Crippen molar-refractivity contribution in [1.82, 2.24) is 9.55 Å². The van der Waals surface area contributed by atoms with Crippen LogP contribution in [0.4, 0.5) is 0 Å². The van der Waals surface area contributed by atoms with Crippen LogP contribution < -0.4 is 4.74 Å². The minimum Gasteiger partial charge on any atom is -0.485 e. The Balaban J connectivity index is 1.95. The zero-order valence-electron chi connectivity index (χ0n) is 15.5. The molecule has 1 aliphatic heterocycles. The van der Waals surface area contributed by atoms with Gasteiger partial charge in [0, 0.05) is 17.3 Å². The molecule has 136 valence electrons. The number of rotatable bonds is 2. The summed E-state index contributed by atoms with van der Waals surface area (Å²) in [6.07, 6.45) is 1.13. The van der Waals surface area contributed by atoms with Gasteiger partial charge in [0.15, 0.2) is 0 Å². The van der Waals surface area contributed by atoms with Crippen molar-refractivity contribution in [1.29, 1.82) is 5.26 Å². The smallest absolute Gasteiger partial charge is 0.140 e. The maximum absolute atomic E-state index is 11.2. The monoisotopic (exact) mass is 359 g/mol. The molecule has 0 bridgehead atoms. The first-order valence-electron chi connectivity index (χ1n) is 8.93. The first-order valence-corrected chi connectivity index (χ1v) is 8.93. The number of aliphatic hydroxyl groups excluding tert-OH is 1. The molecule has 1 N–H and O–H groups in total. The van der Waals surface area contributed by atoms with Crippen LogP contribution in [-0.2, 0) is 0 Å². The van der Waals surface area contributed by atoms with Crippen molar-refractivity contribution in [3.8, 4) is 23.2 Å². The molecule has 2 unspecified atom stereocenters. The Morgan fingerprint density at radius 3 is 2.63 bits per heavy atom. The molecule has 0 aliphatic carbocycles. The number of hydrogen-bond acceptors (Lipinski definition) is 4. The molecule has 2 aromatic carbocycles. The number of ether oxygens (including phenoxy) is 1. The van der Waals surface area contributed by atoms with Gasteiger partial charge in [0.05, 0.1) is 23.4 Å². The number of aryl methyl sites for hydroxylation is 1. The SMILES string of the molecule is Cc1cn(C2c3cc(C#N)ccc3OC(C)(C)C2O)c(-c2ccccc2)n1. The summed E-state index contributed by atoms with van der Waals surface area (Å²) < 4.78 is 8.04. The van der Waals surface area contributed by atoms with Crippen LogP contribution in [0, 0.1) is 18.3 Å². The van der Waals surface area contributed by atoms with Crippen LogP contribution in [0.15, 0.2) is 54.7 Å². The van der Waals surface area contributed by atoms with Crippen LogP contribution in [-0.4, -0.2) is 26.4 Å². The molecule has 0 radical (unpaired) electrons. The quantitative estimate of drug-likeness (QED) is 0.754. The molecule has 27 heavy (non-hydrogen) atoms. The summed E-state index contributed by atoms with van der Waals surface area (Å²) in [5.41, 5.74) is 2.38. The number of aliphatic hydroxyl groups is 1. The number of benzene rings is 2. The van der Waals surface area contributed by atoms with Crippen molar-refractivity contribution in [2.24, 2.45) is 0 Å². The largest absolute Gasteiger partial charge is 0.485 e. The van der Waals surface area contributed by atoms with E-state index >= 15 is 0 Å². The number of nitriles is 1. The predicted molar refractivity (Wildman–Crippen MR) is 102 cm³/mol. The van der Waals surface area contributed by atoms with Gasteiger partial charge in [-0.2, -0.15) is 5.26 Å². The highest BCUT2D eigenvalue weighted by atomic mass is 16.5. The predicted octanol–water partition coefficient (Wildman–Crippen LogP) is 3.85. The maximum Gasteiger partial charge on any atom is 0.140 e. The standard InChI is InChI=1S/C22H21N3O2/c1-14-13-25(21(24-14)16-7-5-4-6-8-16)19-17-11-15(12-23)9-10-18(17)27-22(2,3)20(19)26/h4-11,13,19-20,26H,1-3H3. The second-order valence-electron chi connectivity index (χ2n) is 7.44. The van der Waals surface area contributed by atoms with Gasteiger partial charge in [0.1, 0.15) is 23.3 Å². The molecular weight excluding hydrogens is 338 g/mol. The van der Waals surface area contributed by atoms with E-state index in [9.17, 15) is 10.4 Å². The summed E-state index contributed by atoms with van der Waals surface area (Å²) in [5.74, 6) is 1.46. The number of aromatic nitrogens is 2. The van der Waals surface area contributed by atoms with E-state index in [2.05, 4.69) is 6.07 Å². The van der Waals surface area contributed by atoms with Gasteiger partial charge >= 0.3 is 0 Å². The first kappa shape index (κ1) is 17.3. The third kappa shape index (κ3) is 2.88. The molecule has 0 saturated carbocycles. The van der Waals surface area contributed by atoms with E-state index in [-0.39, 0.29) is 0 Å². The zero-order valence-corrected chi connectivity index (χ0v) is 15.5. The fourth-order valence-corrected chi connectivity index (χ4v) is 3.67. The van der Waals surface area contributed by atoms with Crippen molar-refractivity contribution in [3.63, 3.8) is 0 Å². The van der Waals surface area contributed by atoms with Crippen LogP contribution >= 0.6 is 0 Å². The molecular formula is C22H21N3O2. The number of fused-ring (bicyclic) bond motifs is 1. The molecule has 1 aliphatic rings. The Labute approximate surface area is 158 Å². The van der Waals surface area contributed by atoms with Crippen LogP contribution in [0.1, 0.15) is 36.7 Å². The first-order chi connectivity index (χ1) is 12.9. The van der Waals surface area contributed by atoms with Gasteiger partial charge < -0.3 is 14.4 Å². The van der Waals surface area contributed by atoms with E-state index in [1.54, 1.807) is 18.2 Å². The van der Waals surface area contributed by atoms with Crippen LogP contribution in [0.3, 0.4) is 0 Å². The number of nitrogens with zero attached hydrogens (tertiary/aromatic N) is 3. The summed E-state index contributed by atoms with van der Waals surface area (Å²) in [7, 11) is 0. The van der Waals surface area contributed by atoms with Gasteiger partial charge in [-0.15, -0.1) is 0 Å². The molecule has 0 spiro atoms. The minimum atomic E-state index is -0.810. The minimum absolute atomic E-state index is 0.409. The van der Waals surface area contributed by atoms with Crippen molar-refractivity contribution in [2.45, 2.75) is 38.5 Å². The Kier molecular flexibility index (Phi) is 4.01. The van der Waals surface area contributed by atoms with Crippen LogP contribution in [0.5, 0.6) is 5.75 Å². The molecule has 5 nitrogen and oxygen atoms in total. The van der Waals surface area contributed by atoms with E-state index in [0.717, 1.165) is 22.6 Å². The van der Waals surface area contributed by atoms with E-state index < -0.39 is 17.7 Å². The lowest BCUT2D eigenvalue weighted by molar-refractivity contribution is -0.0634. The summed E-state index contributed by atoms with van der Waals surface area (Å²) in [6, 6.07) is 17.0. The Bertz CT molecular complexity index is 1030. The van der Waals surface area contributed by atoms with E-state index in [4.69, 9.17) is 9.72 Å². The number of imidazole rings is 1. The van der Waals surface area contributed by atoms with Crippen molar-refractivity contribution in [3.05, 3.63) is 71.5 Å². The molecule has 0 amide bonds. The Morgan fingerprint density at radius 1 is 1.19 bits per heavy atom. The average molecular weight is 359 g/mol. The van der Waals surface area contributed by atoms with Gasteiger partial charge in [-0.05, 0) is 39.0 Å². The molecule has 2 heterocycles. The second kappa shape index (κ2) is 6.26. The van der Waals surface area contributed by atoms with Gasteiger partial charge in [0.2, 0.25) is 0 Å². The summed E-state index contributed by atoms with van der Waals surface area (Å²) >= 11 is 0. The summed E-state index contributed by atoms with van der Waals surface area (Å²) in [6.45, 7) is 5.68. The Morgan fingerprint density at radius 2 is 1.93 bits per heavy atom. The summed E-state index contributed by atoms with van der Waals surface area (Å²) in [5, 5.41) is 20.5. The van der Waals surface area contributed by atoms with Crippen LogP contribution in [0.25, 0.3) is 11.4 Å². The molecule has 1 aromatic heterocycles. The van der Waals surface area contributed by atoms with Gasteiger partial charge in [0.25, 0.3) is 0 Å². The third-order valence-corrected chi connectivity index (χ3v) is 5.03. The molecule has 4 rings (SSSR count). The lowest BCUT2D eigenvalue weighted by Gasteiger charge is -2.43. The van der Waals surface area contributed by atoms with Crippen LogP contribution in [0.2, 0.25) is 0 Å². The molecule has 3 aromatic rings. The van der Waals surface area contributed by atoms with Gasteiger partial charge in [-0.1, -0.05) is 30.3 Å².